The van der Waals surface area contributed by atoms with Gasteiger partial charge in [0.05, 0.1) is 6.07 Å². The summed E-state index contributed by atoms with van der Waals surface area (Å²) in [6, 6.07) is 2.15. The number of hydrogen-bond donors (Lipinski definition) is 0. The molecule has 74 valence electrons. The Balaban J connectivity index is 2.03. The molecule has 1 heterocycles. The van der Waals surface area contributed by atoms with Crippen LogP contribution in [0.3, 0.4) is 0 Å². The molecule has 1 fully saturated rings. The lowest BCUT2D eigenvalue weighted by Gasteiger charge is -2.25. The molecule has 0 radical (unpaired) electrons. The molecule has 0 aliphatic carbocycles. The number of rotatable bonds is 4. The van der Waals surface area contributed by atoms with E-state index in [1.54, 1.807) is 0 Å². The molecule has 0 unspecified atom stereocenters. The van der Waals surface area contributed by atoms with Crippen molar-refractivity contribution in [2.24, 2.45) is 0 Å². The van der Waals surface area contributed by atoms with E-state index in [0.717, 1.165) is 44.0 Å². The van der Waals surface area contributed by atoms with Crippen LogP contribution in [-0.2, 0) is 10.8 Å². The summed E-state index contributed by atoms with van der Waals surface area (Å²) in [5.74, 6) is 1.66. The summed E-state index contributed by atoms with van der Waals surface area (Å²) >= 11 is 0. The van der Waals surface area contributed by atoms with E-state index in [1.807, 2.05) is 0 Å². The van der Waals surface area contributed by atoms with Gasteiger partial charge in [-0.25, -0.2) is 0 Å². The first-order chi connectivity index (χ1) is 6.33. The van der Waals surface area contributed by atoms with Crippen LogP contribution in [0, 0.1) is 11.3 Å². The maximum atomic E-state index is 11.0. The third-order valence-corrected chi connectivity index (χ3v) is 3.56. The first-order valence-corrected chi connectivity index (χ1v) is 6.26. The molecule has 1 aliphatic rings. The molecule has 3 nitrogen and oxygen atoms in total. The van der Waals surface area contributed by atoms with Crippen molar-refractivity contribution in [1.29, 1.82) is 5.26 Å². The molecule has 0 spiro atoms. The lowest BCUT2D eigenvalue weighted by Crippen LogP contribution is -2.38. The SMILES string of the molecule is N#CCCCCN1CCS(=O)CC1. The fourth-order valence-electron chi connectivity index (χ4n) is 1.44. The van der Waals surface area contributed by atoms with Crippen LogP contribution in [0.2, 0.25) is 0 Å². The van der Waals surface area contributed by atoms with Gasteiger partial charge in [0.15, 0.2) is 0 Å². The monoisotopic (exact) mass is 200 g/mol. The maximum absolute atomic E-state index is 11.0. The molecule has 4 heteroatoms. The Hall–Kier alpha value is -0.400. The largest absolute Gasteiger partial charge is 0.302 e. The highest BCUT2D eigenvalue weighted by molar-refractivity contribution is 7.85. The van der Waals surface area contributed by atoms with Crippen molar-refractivity contribution in [3.8, 4) is 6.07 Å². The number of nitrogens with zero attached hydrogens (tertiary/aromatic N) is 2. The topological polar surface area (TPSA) is 44.1 Å². The summed E-state index contributed by atoms with van der Waals surface area (Å²) in [7, 11) is -0.564. The predicted octanol–water partition coefficient (Wildman–Crippen LogP) is 0.745. The Morgan fingerprint density at radius 3 is 2.62 bits per heavy atom. The highest BCUT2D eigenvalue weighted by Gasteiger charge is 2.13. The van der Waals surface area contributed by atoms with Gasteiger partial charge < -0.3 is 4.90 Å². The molecule has 0 aromatic heterocycles. The zero-order chi connectivity index (χ0) is 9.52. The standard InChI is InChI=1S/C9H16N2OS/c10-4-2-1-3-5-11-6-8-13(12)9-7-11/h1-3,5-9H2. The van der Waals surface area contributed by atoms with Gasteiger partial charge in [-0.05, 0) is 19.4 Å². The van der Waals surface area contributed by atoms with E-state index in [2.05, 4.69) is 11.0 Å². The van der Waals surface area contributed by atoms with Gasteiger partial charge in [0.25, 0.3) is 0 Å². The Kier molecular flexibility index (Phi) is 5.02. The second-order valence-electron chi connectivity index (χ2n) is 3.30. The van der Waals surface area contributed by atoms with Crippen LogP contribution in [0.5, 0.6) is 0 Å². The Bertz CT molecular complexity index is 202. The van der Waals surface area contributed by atoms with E-state index < -0.39 is 10.8 Å². The van der Waals surface area contributed by atoms with Crippen molar-refractivity contribution in [3.05, 3.63) is 0 Å². The summed E-state index contributed by atoms with van der Waals surface area (Å²) < 4.78 is 11.0. The van der Waals surface area contributed by atoms with E-state index >= 15 is 0 Å². The molecule has 0 amide bonds. The highest BCUT2D eigenvalue weighted by atomic mass is 32.2. The van der Waals surface area contributed by atoms with Crippen molar-refractivity contribution in [2.45, 2.75) is 19.3 Å². The number of hydrogen-bond acceptors (Lipinski definition) is 3. The van der Waals surface area contributed by atoms with Gasteiger partial charge >= 0.3 is 0 Å². The number of unbranched alkanes of at least 4 members (excludes halogenated alkanes) is 2. The lowest BCUT2D eigenvalue weighted by molar-refractivity contribution is 0.293. The third kappa shape index (κ3) is 4.39. The van der Waals surface area contributed by atoms with E-state index in [0.29, 0.717) is 6.42 Å². The first kappa shape index (κ1) is 10.7. The molecular formula is C9H16N2OS. The number of nitriles is 1. The molecule has 0 atom stereocenters. The van der Waals surface area contributed by atoms with Crippen LogP contribution >= 0.6 is 0 Å². The van der Waals surface area contributed by atoms with Crippen LogP contribution in [0.4, 0.5) is 0 Å². The molecular weight excluding hydrogens is 184 g/mol. The summed E-state index contributed by atoms with van der Waals surface area (Å²) in [5, 5.41) is 8.33. The highest BCUT2D eigenvalue weighted by Crippen LogP contribution is 2.03. The van der Waals surface area contributed by atoms with E-state index in [1.165, 1.54) is 0 Å². The third-order valence-electron chi connectivity index (χ3n) is 2.28. The molecule has 0 saturated carbocycles. The Labute approximate surface area is 82.2 Å². The molecule has 0 N–H and O–H groups in total. The minimum absolute atomic E-state index is 0.564. The zero-order valence-electron chi connectivity index (χ0n) is 7.87. The summed E-state index contributed by atoms with van der Waals surface area (Å²) in [6.07, 6.45) is 2.76. The average molecular weight is 200 g/mol. The molecule has 0 aromatic rings. The molecule has 13 heavy (non-hydrogen) atoms. The van der Waals surface area contributed by atoms with Gasteiger partial charge in [0, 0.05) is 41.8 Å². The van der Waals surface area contributed by atoms with Crippen LogP contribution in [0.25, 0.3) is 0 Å². The van der Waals surface area contributed by atoms with Gasteiger partial charge in [-0.15, -0.1) is 0 Å². The minimum atomic E-state index is -0.564. The molecule has 0 bridgehead atoms. The van der Waals surface area contributed by atoms with Crippen LogP contribution in [0.15, 0.2) is 0 Å². The van der Waals surface area contributed by atoms with Gasteiger partial charge in [0.1, 0.15) is 0 Å². The van der Waals surface area contributed by atoms with E-state index in [4.69, 9.17) is 5.26 Å². The quantitative estimate of drug-likeness (QED) is 0.629. The Morgan fingerprint density at radius 2 is 2.00 bits per heavy atom. The average Bonchev–Trinajstić information content (AvgIpc) is 2.15. The molecule has 1 rings (SSSR count). The fourth-order valence-corrected chi connectivity index (χ4v) is 2.57. The van der Waals surface area contributed by atoms with Crippen molar-refractivity contribution in [1.82, 2.24) is 4.90 Å². The summed E-state index contributed by atoms with van der Waals surface area (Å²) in [4.78, 5) is 2.35. The van der Waals surface area contributed by atoms with Crippen LogP contribution < -0.4 is 0 Å². The second-order valence-corrected chi connectivity index (χ2v) is 5.00. The smallest absolute Gasteiger partial charge is 0.0621 e. The second kappa shape index (κ2) is 6.11. The maximum Gasteiger partial charge on any atom is 0.0621 e. The summed E-state index contributed by atoms with van der Waals surface area (Å²) in [5.41, 5.74) is 0. The molecule has 1 saturated heterocycles. The minimum Gasteiger partial charge on any atom is -0.302 e. The van der Waals surface area contributed by atoms with E-state index in [-0.39, 0.29) is 0 Å². The van der Waals surface area contributed by atoms with Crippen molar-refractivity contribution >= 4 is 10.8 Å². The van der Waals surface area contributed by atoms with Crippen molar-refractivity contribution in [3.63, 3.8) is 0 Å². The normalized spacial score (nSPS) is 19.9. The predicted molar refractivity (Wildman–Crippen MR) is 53.8 cm³/mol. The van der Waals surface area contributed by atoms with Gasteiger partial charge in [-0.3, -0.25) is 4.21 Å². The Morgan fingerprint density at radius 1 is 1.31 bits per heavy atom. The lowest BCUT2D eigenvalue weighted by atomic mass is 10.2. The van der Waals surface area contributed by atoms with Gasteiger partial charge in [-0.2, -0.15) is 5.26 Å². The van der Waals surface area contributed by atoms with Crippen molar-refractivity contribution in [2.75, 3.05) is 31.1 Å². The molecule has 0 aromatic carbocycles. The van der Waals surface area contributed by atoms with Gasteiger partial charge in [-0.1, -0.05) is 0 Å². The first-order valence-electron chi connectivity index (χ1n) is 4.77. The summed E-state index contributed by atoms with van der Waals surface area (Å²) in [6.45, 7) is 3.01. The van der Waals surface area contributed by atoms with E-state index in [9.17, 15) is 4.21 Å². The van der Waals surface area contributed by atoms with Crippen LogP contribution in [-0.4, -0.2) is 40.2 Å². The van der Waals surface area contributed by atoms with Gasteiger partial charge in [0.2, 0.25) is 0 Å². The zero-order valence-corrected chi connectivity index (χ0v) is 8.68. The van der Waals surface area contributed by atoms with Crippen LogP contribution in [0.1, 0.15) is 19.3 Å². The fraction of sp³-hybridized carbons (Fsp3) is 0.889. The molecule has 1 aliphatic heterocycles. The van der Waals surface area contributed by atoms with Crippen molar-refractivity contribution < 1.29 is 4.21 Å².